The minimum atomic E-state index is -0.436. The standard InChI is InChI=1S/C11H10O3/c1-7-9(11(13)14-10(7)12)8-5-3-2-4-6-8/h2-7,9H,1H3. The Kier molecular flexibility index (Phi) is 2.08. The van der Waals surface area contributed by atoms with Crippen LogP contribution in [0, 0.1) is 5.92 Å². The van der Waals surface area contributed by atoms with E-state index in [1.807, 2.05) is 30.3 Å². The summed E-state index contributed by atoms with van der Waals surface area (Å²) in [6.07, 6.45) is 0. The molecule has 0 spiro atoms. The van der Waals surface area contributed by atoms with E-state index in [-0.39, 0.29) is 5.92 Å². The van der Waals surface area contributed by atoms with Gasteiger partial charge in [0.05, 0.1) is 11.8 Å². The number of ether oxygens (including phenoxy) is 1. The molecule has 3 nitrogen and oxygen atoms in total. The SMILES string of the molecule is CC1C(=O)OC(=O)C1c1ccccc1. The molecular weight excluding hydrogens is 180 g/mol. The first-order chi connectivity index (χ1) is 6.70. The molecule has 0 saturated carbocycles. The molecule has 0 aliphatic carbocycles. The first-order valence-electron chi connectivity index (χ1n) is 4.50. The Hall–Kier alpha value is -1.64. The van der Waals surface area contributed by atoms with Gasteiger partial charge in [-0.15, -0.1) is 0 Å². The van der Waals surface area contributed by atoms with E-state index in [1.54, 1.807) is 6.92 Å². The number of carbonyl (C=O) groups is 2. The lowest BCUT2D eigenvalue weighted by Gasteiger charge is -2.08. The van der Waals surface area contributed by atoms with Crippen LogP contribution in [0.15, 0.2) is 30.3 Å². The smallest absolute Gasteiger partial charge is 0.321 e. The summed E-state index contributed by atoms with van der Waals surface area (Å²) in [5.74, 6) is -1.66. The fourth-order valence-corrected chi connectivity index (χ4v) is 1.68. The lowest BCUT2D eigenvalue weighted by molar-refractivity contribution is -0.153. The summed E-state index contributed by atoms with van der Waals surface area (Å²) in [6, 6.07) is 9.23. The Labute approximate surface area is 81.7 Å². The van der Waals surface area contributed by atoms with Gasteiger partial charge in [-0.2, -0.15) is 0 Å². The Morgan fingerprint density at radius 3 is 2.21 bits per heavy atom. The molecule has 1 saturated heterocycles. The number of esters is 2. The van der Waals surface area contributed by atoms with E-state index in [4.69, 9.17) is 0 Å². The molecule has 1 fully saturated rings. The van der Waals surface area contributed by atoms with Crippen molar-refractivity contribution >= 4 is 11.9 Å². The van der Waals surface area contributed by atoms with Crippen molar-refractivity contribution < 1.29 is 14.3 Å². The van der Waals surface area contributed by atoms with Crippen LogP contribution < -0.4 is 0 Å². The van der Waals surface area contributed by atoms with E-state index in [2.05, 4.69) is 4.74 Å². The minimum Gasteiger partial charge on any atom is -0.392 e. The second kappa shape index (κ2) is 3.25. The monoisotopic (exact) mass is 190 g/mol. The first-order valence-corrected chi connectivity index (χ1v) is 4.50. The second-order valence-corrected chi connectivity index (χ2v) is 3.42. The molecule has 1 aromatic carbocycles. The molecule has 0 radical (unpaired) electrons. The molecule has 1 heterocycles. The summed E-state index contributed by atoms with van der Waals surface area (Å²) < 4.78 is 4.56. The van der Waals surface area contributed by atoms with E-state index >= 15 is 0 Å². The van der Waals surface area contributed by atoms with Crippen molar-refractivity contribution in [1.29, 1.82) is 0 Å². The summed E-state index contributed by atoms with van der Waals surface area (Å²) in [5.41, 5.74) is 0.843. The molecule has 1 aromatic rings. The van der Waals surface area contributed by atoms with Crippen molar-refractivity contribution in [2.75, 3.05) is 0 Å². The van der Waals surface area contributed by atoms with Crippen LogP contribution in [-0.2, 0) is 14.3 Å². The fraction of sp³-hybridized carbons (Fsp3) is 0.273. The van der Waals surface area contributed by atoms with E-state index in [1.165, 1.54) is 0 Å². The molecule has 1 aliphatic heterocycles. The molecule has 2 unspecified atom stereocenters. The first kappa shape index (κ1) is 8.94. The highest BCUT2D eigenvalue weighted by Crippen LogP contribution is 2.32. The molecule has 3 heteroatoms. The van der Waals surface area contributed by atoms with Crippen molar-refractivity contribution in [3.63, 3.8) is 0 Å². The number of carbonyl (C=O) groups excluding carboxylic acids is 2. The summed E-state index contributed by atoms with van der Waals surface area (Å²) in [5, 5.41) is 0. The summed E-state index contributed by atoms with van der Waals surface area (Å²) in [4.78, 5) is 22.5. The maximum atomic E-state index is 11.4. The van der Waals surface area contributed by atoms with Gasteiger partial charge in [0.1, 0.15) is 0 Å². The quantitative estimate of drug-likeness (QED) is 0.497. The van der Waals surface area contributed by atoms with E-state index in [0.29, 0.717) is 0 Å². The van der Waals surface area contributed by atoms with Gasteiger partial charge in [0.15, 0.2) is 0 Å². The van der Waals surface area contributed by atoms with Crippen LogP contribution in [0.5, 0.6) is 0 Å². The lowest BCUT2D eigenvalue weighted by Crippen LogP contribution is -2.12. The number of rotatable bonds is 1. The maximum Gasteiger partial charge on any atom is 0.321 e. The zero-order valence-electron chi connectivity index (χ0n) is 7.77. The van der Waals surface area contributed by atoms with Crippen LogP contribution >= 0.6 is 0 Å². The molecule has 0 aromatic heterocycles. The molecule has 0 N–H and O–H groups in total. The molecule has 2 rings (SSSR count). The summed E-state index contributed by atoms with van der Waals surface area (Å²) >= 11 is 0. The molecule has 72 valence electrons. The van der Waals surface area contributed by atoms with E-state index < -0.39 is 17.9 Å². The van der Waals surface area contributed by atoms with Crippen LogP contribution in [0.25, 0.3) is 0 Å². The third-order valence-electron chi connectivity index (χ3n) is 2.49. The van der Waals surface area contributed by atoms with Crippen molar-refractivity contribution in [2.45, 2.75) is 12.8 Å². The normalized spacial score (nSPS) is 26.4. The van der Waals surface area contributed by atoms with E-state index in [0.717, 1.165) is 5.56 Å². The third-order valence-corrected chi connectivity index (χ3v) is 2.49. The van der Waals surface area contributed by atoms with Gasteiger partial charge in [0.2, 0.25) is 0 Å². The second-order valence-electron chi connectivity index (χ2n) is 3.42. The predicted octanol–water partition coefficient (Wildman–Crippen LogP) is 1.49. The molecule has 0 bridgehead atoms. The van der Waals surface area contributed by atoms with Crippen molar-refractivity contribution in [2.24, 2.45) is 5.92 Å². The largest absolute Gasteiger partial charge is 0.392 e. The van der Waals surface area contributed by atoms with Gasteiger partial charge in [-0.3, -0.25) is 9.59 Å². The van der Waals surface area contributed by atoms with Crippen LogP contribution in [0.2, 0.25) is 0 Å². The average molecular weight is 190 g/mol. The molecule has 2 atom stereocenters. The van der Waals surface area contributed by atoms with Crippen molar-refractivity contribution in [1.82, 2.24) is 0 Å². The Morgan fingerprint density at radius 1 is 1.07 bits per heavy atom. The van der Waals surface area contributed by atoms with Gasteiger partial charge in [-0.1, -0.05) is 37.3 Å². The zero-order chi connectivity index (χ0) is 10.1. The number of benzene rings is 1. The van der Waals surface area contributed by atoms with Crippen LogP contribution in [0.4, 0.5) is 0 Å². The van der Waals surface area contributed by atoms with Crippen LogP contribution in [-0.4, -0.2) is 11.9 Å². The zero-order valence-corrected chi connectivity index (χ0v) is 7.77. The van der Waals surface area contributed by atoms with Gasteiger partial charge in [-0.05, 0) is 5.56 Å². The van der Waals surface area contributed by atoms with E-state index in [9.17, 15) is 9.59 Å². The Balaban J connectivity index is 2.36. The molecular formula is C11H10O3. The highest BCUT2D eigenvalue weighted by atomic mass is 16.6. The van der Waals surface area contributed by atoms with Gasteiger partial charge in [0, 0.05) is 0 Å². The van der Waals surface area contributed by atoms with Crippen molar-refractivity contribution in [3.8, 4) is 0 Å². The van der Waals surface area contributed by atoms with Crippen molar-refractivity contribution in [3.05, 3.63) is 35.9 Å². The lowest BCUT2D eigenvalue weighted by atomic mass is 9.89. The highest BCUT2D eigenvalue weighted by Gasteiger charge is 2.41. The highest BCUT2D eigenvalue weighted by molar-refractivity contribution is 5.99. The van der Waals surface area contributed by atoms with Gasteiger partial charge in [0.25, 0.3) is 0 Å². The van der Waals surface area contributed by atoms with Gasteiger partial charge < -0.3 is 4.74 Å². The average Bonchev–Trinajstić information content (AvgIpc) is 2.43. The number of hydrogen-bond donors (Lipinski definition) is 0. The third kappa shape index (κ3) is 1.31. The minimum absolute atomic E-state index is 0.370. The van der Waals surface area contributed by atoms with Gasteiger partial charge in [-0.25, -0.2) is 0 Å². The molecule has 0 amide bonds. The molecule has 14 heavy (non-hydrogen) atoms. The Morgan fingerprint density at radius 2 is 1.71 bits per heavy atom. The topological polar surface area (TPSA) is 43.4 Å². The van der Waals surface area contributed by atoms with Gasteiger partial charge >= 0.3 is 11.9 Å². The summed E-state index contributed by atoms with van der Waals surface area (Å²) in [6.45, 7) is 1.71. The summed E-state index contributed by atoms with van der Waals surface area (Å²) in [7, 11) is 0. The molecule has 1 aliphatic rings. The fourth-order valence-electron chi connectivity index (χ4n) is 1.68. The number of cyclic esters (lactones) is 2. The number of hydrogen-bond acceptors (Lipinski definition) is 3. The van der Waals surface area contributed by atoms with Crippen LogP contribution in [0.3, 0.4) is 0 Å². The Bertz CT molecular complexity index is 369. The maximum absolute atomic E-state index is 11.4. The van der Waals surface area contributed by atoms with Crippen LogP contribution in [0.1, 0.15) is 18.4 Å². The predicted molar refractivity (Wildman–Crippen MR) is 49.4 cm³/mol.